The third-order valence-corrected chi connectivity index (χ3v) is 3.83. The molecular formula is C17H15BrClN5. The van der Waals surface area contributed by atoms with E-state index in [1.54, 1.807) is 6.20 Å². The van der Waals surface area contributed by atoms with Gasteiger partial charge in [0.25, 0.3) is 0 Å². The second kappa shape index (κ2) is 7.47. The molecule has 2 aromatic heterocycles. The second-order valence-corrected chi connectivity index (χ2v) is 6.18. The maximum Gasteiger partial charge on any atom is 0.178 e. The Morgan fingerprint density at radius 1 is 1.29 bits per heavy atom. The van der Waals surface area contributed by atoms with E-state index in [0.29, 0.717) is 17.0 Å². The lowest BCUT2D eigenvalue weighted by molar-refractivity contribution is 1.13. The van der Waals surface area contributed by atoms with Crippen molar-refractivity contribution in [3.05, 3.63) is 52.4 Å². The summed E-state index contributed by atoms with van der Waals surface area (Å²) in [6.07, 6.45) is 3.49. The molecule has 3 rings (SSSR count). The number of nitrogens with one attached hydrogen (secondary N) is 1. The Morgan fingerprint density at radius 3 is 2.62 bits per heavy atom. The van der Waals surface area contributed by atoms with Gasteiger partial charge in [-0.2, -0.15) is 5.26 Å². The zero-order valence-corrected chi connectivity index (χ0v) is 15.5. The standard InChI is InChI=1S/C17H14BrN5.ClH/c1-23(2)14-5-3-11(4-6-14)7-12(9-19)16-21-15-8-13(18)10-20-17(15)22-16;/h3-8,10H,1-2H3,(H,20,21,22);1H. The molecule has 0 saturated heterocycles. The molecule has 1 aromatic carbocycles. The number of aromatic amines is 1. The van der Waals surface area contributed by atoms with Crippen molar-refractivity contribution in [1.29, 1.82) is 5.26 Å². The lowest BCUT2D eigenvalue weighted by Gasteiger charge is -2.11. The van der Waals surface area contributed by atoms with Crippen LogP contribution in [0, 0.1) is 11.3 Å². The number of pyridine rings is 1. The normalized spacial score (nSPS) is 11.0. The molecule has 0 bridgehead atoms. The molecule has 3 aromatic rings. The average molecular weight is 405 g/mol. The number of hydrogen-bond acceptors (Lipinski definition) is 4. The van der Waals surface area contributed by atoms with Gasteiger partial charge in [0.05, 0.1) is 11.1 Å². The minimum Gasteiger partial charge on any atom is -0.378 e. The van der Waals surface area contributed by atoms with Crippen LogP contribution in [0.3, 0.4) is 0 Å². The number of aromatic nitrogens is 3. The summed E-state index contributed by atoms with van der Waals surface area (Å²) >= 11 is 3.37. The Kier molecular flexibility index (Phi) is 5.60. The maximum atomic E-state index is 9.45. The summed E-state index contributed by atoms with van der Waals surface area (Å²) in [7, 11) is 3.98. The lowest BCUT2D eigenvalue weighted by Crippen LogP contribution is -2.07. The molecule has 0 saturated carbocycles. The summed E-state index contributed by atoms with van der Waals surface area (Å²) in [6.45, 7) is 0. The molecule has 0 fully saturated rings. The fourth-order valence-corrected chi connectivity index (χ4v) is 2.52. The first-order valence-electron chi connectivity index (χ1n) is 6.97. The predicted octanol–water partition coefficient (Wildman–Crippen LogP) is 4.27. The van der Waals surface area contributed by atoms with Crippen LogP contribution in [-0.4, -0.2) is 29.0 Å². The summed E-state index contributed by atoms with van der Waals surface area (Å²) < 4.78 is 0.863. The minimum absolute atomic E-state index is 0. The van der Waals surface area contributed by atoms with Gasteiger partial charge >= 0.3 is 0 Å². The van der Waals surface area contributed by atoms with Crippen molar-refractivity contribution >= 4 is 56.8 Å². The highest BCUT2D eigenvalue weighted by atomic mass is 79.9. The number of benzene rings is 1. The SMILES string of the molecule is CN(C)c1ccc(C=C(C#N)c2nc3ncc(Br)cc3[nH]2)cc1.Cl. The second-order valence-electron chi connectivity index (χ2n) is 5.27. The molecule has 0 spiro atoms. The number of nitrogens with zero attached hydrogens (tertiary/aromatic N) is 4. The highest BCUT2D eigenvalue weighted by Gasteiger charge is 2.09. The molecule has 0 aliphatic heterocycles. The van der Waals surface area contributed by atoms with Gasteiger partial charge in [-0.25, -0.2) is 9.97 Å². The number of halogens is 2. The molecule has 0 amide bonds. The average Bonchev–Trinajstić information content (AvgIpc) is 2.95. The van der Waals surface area contributed by atoms with Crippen molar-refractivity contribution in [3.8, 4) is 6.07 Å². The Balaban J connectivity index is 0.00000208. The van der Waals surface area contributed by atoms with Crippen LogP contribution in [0.1, 0.15) is 11.4 Å². The highest BCUT2D eigenvalue weighted by molar-refractivity contribution is 9.10. The van der Waals surface area contributed by atoms with E-state index in [4.69, 9.17) is 0 Å². The van der Waals surface area contributed by atoms with Crippen LogP contribution in [0.25, 0.3) is 22.8 Å². The first-order valence-corrected chi connectivity index (χ1v) is 7.77. The van der Waals surface area contributed by atoms with E-state index in [1.165, 1.54) is 0 Å². The van der Waals surface area contributed by atoms with E-state index in [9.17, 15) is 5.26 Å². The predicted molar refractivity (Wildman–Crippen MR) is 103 cm³/mol. The van der Waals surface area contributed by atoms with Gasteiger partial charge in [0, 0.05) is 30.5 Å². The molecule has 0 radical (unpaired) electrons. The Morgan fingerprint density at radius 2 is 2.00 bits per heavy atom. The third kappa shape index (κ3) is 3.75. The Labute approximate surface area is 154 Å². The molecule has 2 heterocycles. The fourth-order valence-electron chi connectivity index (χ4n) is 2.19. The van der Waals surface area contributed by atoms with Gasteiger partial charge < -0.3 is 9.88 Å². The van der Waals surface area contributed by atoms with Crippen LogP contribution in [0.2, 0.25) is 0 Å². The number of allylic oxidation sites excluding steroid dienone is 1. The molecule has 0 aliphatic rings. The van der Waals surface area contributed by atoms with E-state index in [0.717, 1.165) is 21.2 Å². The van der Waals surface area contributed by atoms with Crippen molar-refractivity contribution < 1.29 is 0 Å². The highest BCUT2D eigenvalue weighted by Crippen LogP contribution is 2.21. The van der Waals surface area contributed by atoms with E-state index < -0.39 is 0 Å². The van der Waals surface area contributed by atoms with Crippen LogP contribution in [0.15, 0.2) is 41.0 Å². The van der Waals surface area contributed by atoms with Gasteiger partial charge in [0.1, 0.15) is 6.07 Å². The number of H-pyrrole nitrogens is 1. The largest absolute Gasteiger partial charge is 0.378 e. The topological polar surface area (TPSA) is 68.6 Å². The fraction of sp³-hybridized carbons (Fsp3) is 0.118. The molecule has 0 unspecified atom stereocenters. The maximum absolute atomic E-state index is 9.45. The van der Waals surface area contributed by atoms with E-state index in [2.05, 4.69) is 37.0 Å². The summed E-state index contributed by atoms with van der Waals surface area (Å²) in [5, 5.41) is 9.45. The Bertz CT molecular complexity index is 922. The number of imidazole rings is 1. The van der Waals surface area contributed by atoms with Gasteiger partial charge in [-0.1, -0.05) is 12.1 Å². The van der Waals surface area contributed by atoms with Crippen LogP contribution in [0.4, 0.5) is 5.69 Å². The lowest BCUT2D eigenvalue weighted by atomic mass is 10.1. The summed E-state index contributed by atoms with van der Waals surface area (Å²) in [5.41, 5.74) is 3.91. The van der Waals surface area contributed by atoms with Crippen LogP contribution in [-0.2, 0) is 0 Å². The molecule has 7 heteroatoms. The molecular weight excluding hydrogens is 390 g/mol. The molecule has 5 nitrogen and oxygen atoms in total. The summed E-state index contributed by atoms with van der Waals surface area (Å²) in [6, 6.07) is 12.1. The van der Waals surface area contributed by atoms with Crippen LogP contribution in [0.5, 0.6) is 0 Å². The molecule has 0 atom stereocenters. The van der Waals surface area contributed by atoms with Crippen LogP contribution < -0.4 is 4.90 Å². The molecule has 122 valence electrons. The number of nitriles is 1. The number of anilines is 1. The van der Waals surface area contributed by atoms with Gasteiger partial charge in [0.15, 0.2) is 11.5 Å². The zero-order valence-electron chi connectivity index (χ0n) is 13.1. The molecule has 24 heavy (non-hydrogen) atoms. The van der Waals surface area contributed by atoms with Crippen molar-refractivity contribution in [1.82, 2.24) is 15.0 Å². The Hall–Kier alpha value is -2.36. The first-order chi connectivity index (χ1) is 11.1. The molecule has 0 aliphatic carbocycles. The number of rotatable bonds is 3. The van der Waals surface area contributed by atoms with Crippen LogP contribution >= 0.6 is 28.3 Å². The number of fused-ring (bicyclic) bond motifs is 1. The first kappa shape index (κ1) is 18.0. The smallest absolute Gasteiger partial charge is 0.178 e. The van der Waals surface area contributed by atoms with E-state index >= 15 is 0 Å². The van der Waals surface area contributed by atoms with E-state index in [-0.39, 0.29) is 12.4 Å². The van der Waals surface area contributed by atoms with Gasteiger partial charge in [-0.15, -0.1) is 12.4 Å². The summed E-state index contributed by atoms with van der Waals surface area (Å²) in [5.74, 6) is 0.518. The van der Waals surface area contributed by atoms with E-state index in [1.807, 2.05) is 55.4 Å². The monoisotopic (exact) mass is 403 g/mol. The van der Waals surface area contributed by atoms with Crippen molar-refractivity contribution in [2.24, 2.45) is 0 Å². The van der Waals surface area contributed by atoms with Gasteiger partial charge in [-0.3, -0.25) is 0 Å². The number of hydrogen-bond donors (Lipinski definition) is 1. The third-order valence-electron chi connectivity index (χ3n) is 3.40. The van der Waals surface area contributed by atoms with Crippen molar-refractivity contribution in [2.75, 3.05) is 19.0 Å². The van der Waals surface area contributed by atoms with Gasteiger partial charge in [0.2, 0.25) is 0 Å². The quantitative estimate of drug-likeness (QED) is 0.662. The molecule has 1 N–H and O–H groups in total. The van der Waals surface area contributed by atoms with Gasteiger partial charge in [-0.05, 0) is 45.8 Å². The van der Waals surface area contributed by atoms with Crippen molar-refractivity contribution in [2.45, 2.75) is 0 Å². The minimum atomic E-state index is 0. The van der Waals surface area contributed by atoms with Crippen molar-refractivity contribution in [3.63, 3.8) is 0 Å². The summed E-state index contributed by atoms with van der Waals surface area (Å²) in [4.78, 5) is 13.8. The zero-order chi connectivity index (χ0) is 16.4.